The molecule has 1 aromatic carbocycles. The van der Waals surface area contributed by atoms with E-state index in [0.29, 0.717) is 11.6 Å². The highest BCUT2D eigenvalue weighted by atomic mass is 35.5. The van der Waals surface area contributed by atoms with E-state index in [9.17, 15) is 4.39 Å². The monoisotopic (exact) mass is 294 g/mol. The molecule has 0 atom stereocenters. The lowest BCUT2D eigenvalue weighted by Gasteiger charge is -2.09. The molecule has 0 aliphatic heterocycles. The highest BCUT2D eigenvalue weighted by Crippen LogP contribution is 2.29. The highest BCUT2D eigenvalue weighted by Gasteiger charge is 2.09. The third kappa shape index (κ3) is 3.92. The van der Waals surface area contributed by atoms with Crippen molar-refractivity contribution in [2.45, 2.75) is 19.9 Å². The molecule has 1 aromatic heterocycles. The summed E-state index contributed by atoms with van der Waals surface area (Å²) in [6, 6.07) is 7.92. The number of ether oxygens (including phenoxy) is 1. The standard InChI is InChI=1S/C15H16ClFN2O/c1-2-7-18-9-11-8-12(16)15(19-10-11)20-14-6-4-3-5-13(14)17/h3-6,8,10,18H,2,7,9H2,1H3. The van der Waals surface area contributed by atoms with E-state index < -0.39 is 5.82 Å². The molecule has 0 bridgehead atoms. The quantitative estimate of drug-likeness (QED) is 0.812. The number of aromatic nitrogens is 1. The zero-order chi connectivity index (χ0) is 14.4. The number of hydrogen-bond donors (Lipinski definition) is 1. The number of hydrogen-bond acceptors (Lipinski definition) is 3. The van der Waals surface area contributed by atoms with E-state index in [0.717, 1.165) is 18.5 Å². The minimum Gasteiger partial charge on any atom is -0.434 e. The number of pyridine rings is 1. The van der Waals surface area contributed by atoms with Gasteiger partial charge < -0.3 is 10.1 Å². The van der Waals surface area contributed by atoms with E-state index in [1.54, 1.807) is 24.4 Å². The van der Waals surface area contributed by atoms with Crippen molar-refractivity contribution >= 4 is 11.6 Å². The predicted octanol–water partition coefficient (Wildman–Crippen LogP) is 4.17. The second-order valence-electron chi connectivity index (χ2n) is 4.34. The Bertz CT molecular complexity index is 578. The van der Waals surface area contributed by atoms with Crippen LogP contribution in [0.5, 0.6) is 11.6 Å². The Morgan fingerprint density at radius 1 is 1.35 bits per heavy atom. The number of para-hydroxylation sites is 1. The van der Waals surface area contributed by atoms with E-state index in [1.165, 1.54) is 12.1 Å². The van der Waals surface area contributed by atoms with Gasteiger partial charge in [-0.1, -0.05) is 30.7 Å². The predicted molar refractivity (Wildman–Crippen MR) is 77.7 cm³/mol. The fourth-order valence-corrected chi connectivity index (χ4v) is 1.91. The molecule has 0 aliphatic carbocycles. The van der Waals surface area contributed by atoms with Gasteiger partial charge in [0.2, 0.25) is 5.88 Å². The van der Waals surface area contributed by atoms with Crippen molar-refractivity contribution in [1.82, 2.24) is 10.3 Å². The molecule has 1 N–H and O–H groups in total. The average molecular weight is 295 g/mol. The van der Waals surface area contributed by atoms with Crippen LogP contribution in [0.1, 0.15) is 18.9 Å². The van der Waals surface area contributed by atoms with Crippen LogP contribution in [-0.2, 0) is 6.54 Å². The van der Waals surface area contributed by atoms with Gasteiger partial charge in [-0.3, -0.25) is 0 Å². The summed E-state index contributed by atoms with van der Waals surface area (Å²) in [6.07, 6.45) is 2.74. The first-order chi connectivity index (χ1) is 9.70. The molecule has 0 fully saturated rings. The second-order valence-corrected chi connectivity index (χ2v) is 4.75. The van der Waals surface area contributed by atoms with Crippen molar-refractivity contribution in [2.75, 3.05) is 6.54 Å². The molecule has 0 aliphatic rings. The van der Waals surface area contributed by atoms with Crippen molar-refractivity contribution < 1.29 is 9.13 Å². The van der Waals surface area contributed by atoms with Crippen LogP contribution in [0.25, 0.3) is 0 Å². The molecule has 0 saturated carbocycles. The fourth-order valence-electron chi connectivity index (χ4n) is 1.68. The summed E-state index contributed by atoms with van der Waals surface area (Å²) in [5.41, 5.74) is 0.962. The van der Waals surface area contributed by atoms with Gasteiger partial charge in [-0.05, 0) is 36.7 Å². The van der Waals surface area contributed by atoms with Crippen LogP contribution in [0.4, 0.5) is 4.39 Å². The summed E-state index contributed by atoms with van der Waals surface area (Å²) >= 11 is 6.11. The first-order valence-corrected chi connectivity index (χ1v) is 6.86. The van der Waals surface area contributed by atoms with Gasteiger partial charge in [0.25, 0.3) is 0 Å². The Kier molecular flexibility index (Phi) is 5.32. The maximum atomic E-state index is 13.5. The van der Waals surface area contributed by atoms with Crippen molar-refractivity contribution in [1.29, 1.82) is 0 Å². The molecule has 0 spiro atoms. The van der Waals surface area contributed by atoms with Gasteiger partial charge in [0, 0.05) is 12.7 Å². The number of rotatable bonds is 6. The van der Waals surface area contributed by atoms with Crippen LogP contribution in [0.15, 0.2) is 36.5 Å². The van der Waals surface area contributed by atoms with Crippen molar-refractivity contribution in [3.63, 3.8) is 0 Å². The molecule has 0 saturated heterocycles. The van der Waals surface area contributed by atoms with Gasteiger partial charge in [0.05, 0.1) is 0 Å². The van der Waals surface area contributed by atoms with E-state index in [2.05, 4.69) is 17.2 Å². The smallest absolute Gasteiger partial charge is 0.238 e. The van der Waals surface area contributed by atoms with Crippen LogP contribution >= 0.6 is 11.6 Å². The van der Waals surface area contributed by atoms with Crippen LogP contribution in [0.2, 0.25) is 5.02 Å². The molecular weight excluding hydrogens is 279 g/mol. The van der Waals surface area contributed by atoms with Gasteiger partial charge >= 0.3 is 0 Å². The third-order valence-electron chi connectivity index (χ3n) is 2.66. The first-order valence-electron chi connectivity index (χ1n) is 6.48. The summed E-state index contributed by atoms with van der Waals surface area (Å²) in [4.78, 5) is 4.13. The lowest BCUT2D eigenvalue weighted by molar-refractivity contribution is 0.427. The van der Waals surface area contributed by atoms with Gasteiger partial charge in [-0.15, -0.1) is 0 Å². The summed E-state index contributed by atoms with van der Waals surface area (Å²) in [6.45, 7) is 3.73. The van der Waals surface area contributed by atoms with E-state index in [-0.39, 0.29) is 11.6 Å². The molecule has 106 valence electrons. The van der Waals surface area contributed by atoms with Gasteiger partial charge in [0.1, 0.15) is 5.02 Å². The van der Waals surface area contributed by atoms with Crippen molar-refractivity contribution in [2.24, 2.45) is 0 Å². The number of benzene rings is 1. The molecule has 3 nitrogen and oxygen atoms in total. The van der Waals surface area contributed by atoms with Crippen LogP contribution in [0.3, 0.4) is 0 Å². The fraction of sp³-hybridized carbons (Fsp3) is 0.267. The van der Waals surface area contributed by atoms with Crippen LogP contribution < -0.4 is 10.1 Å². The topological polar surface area (TPSA) is 34.2 Å². The lowest BCUT2D eigenvalue weighted by Crippen LogP contribution is -2.13. The summed E-state index contributed by atoms with van der Waals surface area (Å²) in [5.74, 6) is -0.131. The zero-order valence-corrected chi connectivity index (χ0v) is 12.0. The third-order valence-corrected chi connectivity index (χ3v) is 2.93. The Labute approximate surface area is 122 Å². The molecule has 1 heterocycles. The molecule has 2 aromatic rings. The Morgan fingerprint density at radius 3 is 2.85 bits per heavy atom. The zero-order valence-electron chi connectivity index (χ0n) is 11.2. The van der Waals surface area contributed by atoms with Gasteiger partial charge in [-0.2, -0.15) is 0 Å². The summed E-state index contributed by atoms with van der Waals surface area (Å²) < 4.78 is 18.9. The maximum absolute atomic E-state index is 13.5. The van der Waals surface area contributed by atoms with Crippen LogP contribution in [-0.4, -0.2) is 11.5 Å². The number of nitrogens with one attached hydrogen (secondary N) is 1. The molecule has 5 heteroatoms. The number of halogens is 2. The van der Waals surface area contributed by atoms with Crippen molar-refractivity contribution in [3.05, 3.63) is 52.9 Å². The van der Waals surface area contributed by atoms with Gasteiger partial charge in [-0.25, -0.2) is 9.37 Å². The first kappa shape index (κ1) is 14.8. The lowest BCUT2D eigenvalue weighted by atomic mass is 10.3. The van der Waals surface area contributed by atoms with E-state index >= 15 is 0 Å². The minimum atomic E-state index is -0.445. The molecule has 20 heavy (non-hydrogen) atoms. The van der Waals surface area contributed by atoms with Crippen LogP contribution in [0, 0.1) is 5.82 Å². The highest BCUT2D eigenvalue weighted by molar-refractivity contribution is 6.31. The largest absolute Gasteiger partial charge is 0.434 e. The SMILES string of the molecule is CCCNCc1cnc(Oc2ccccc2F)c(Cl)c1. The van der Waals surface area contributed by atoms with E-state index in [4.69, 9.17) is 16.3 Å². The minimum absolute atomic E-state index is 0.110. The normalized spacial score (nSPS) is 10.6. The molecular formula is C15H16ClFN2O. The Hall–Kier alpha value is -1.65. The maximum Gasteiger partial charge on any atom is 0.238 e. The summed E-state index contributed by atoms with van der Waals surface area (Å²) in [5, 5.41) is 3.62. The van der Waals surface area contributed by atoms with Gasteiger partial charge in [0.15, 0.2) is 11.6 Å². The molecule has 2 rings (SSSR count). The Balaban J connectivity index is 2.08. The second kappa shape index (κ2) is 7.22. The van der Waals surface area contributed by atoms with Crippen molar-refractivity contribution in [3.8, 4) is 11.6 Å². The number of nitrogens with zero attached hydrogens (tertiary/aromatic N) is 1. The van der Waals surface area contributed by atoms with E-state index in [1.807, 2.05) is 0 Å². The average Bonchev–Trinajstić information content (AvgIpc) is 2.44. The Morgan fingerprint density at radius 2 is 2.15 bits per heavy atom. The molecule has 0 radical (unpaired) electrons. The summed E-state index contributed by atoms with van der Waals surface area (Å²) in [7, 11) is 0. The molecule has 0 amide bonds. The molecule has 0 unspecified atom stereocenters.